The van der Waals surface area contributed by atoms with Crippen LogP contribution in [0.3, 0.4) is 0 Å². The Balaban J connectivity index is 1.73. The second-order valence-electron chi connectivity index (χ2n) is 6.07. The Labute approximate surface area is 139 Å². The highest BCUT2D eigenvalue weighted by atomic mass is 127. The largest absolute Gasteiger partial charge is 0.507 e. The molecular weight excluding hydrogens is 379 g/mol. The molecule has 1 amide bonds. The zero-order valence-electron chi connectivity index (χ0n) is 12.0. The molecule has 0 radical (unpaired) electrons. The Morgan fingerprint density at radius 3 is 2.81 bits per heavy atom. The van der Waals surface area contributed by atoms with Gasteiger partial charge >= 0.3 is 0 Å². The van der Waals surface area contributed by atoms with E-state index in [1.165, 1.54) is 12.8 Å². The molecule has 114 valence electrons. The van der Waals surface area contributed by atoms with Crippen LogP contribution >= 0.6 is 22.6 Å². The van der Waals surface area contributed by atoms with Crippen LogP contribution in [0.15, 0.2) is 18.2 Å². The number of aromatic hydroxyl groups is 1. The third-order valence-electron chi connectivity index (χ3n) is 4.30. The minimum atomic E-state index is 0.0646. The second-order valence-corrected chi connectivity index (χ2v) is 7.23. The van der Waals surface area contributed by atoms with E-state index in [0.29, 0.717) is 17.5 Å². The fourth-order valence-electron chi connectivity index (χ4n) is 2.95. The van der Waals surface area contributed by atoms with Crippen LogP contribution in [0.25, 0.3) is 0 Å². The normalized spacial score (nSPS) is 22.0. The first-order valence-electron chi connectivity index (χ1n) is 7.65. The van der Waals surface area contributed by atoms with Gasteiger partial charge in [0.15, 0.2) is 0 Å². The fourth-order valence-corrected chi connectivity index (χ4v) is 3.29. The van der Waals surface area contributed by atoms with Crippen molar-refractivity contribution in [3.8, 4) is 5.75 Å². The number of phenols is 1. The van der Waals surface area contributed by atoms with Gasteiger partial charge in [0.05, 0.1) is 3.57 Å². The second kappa shape index (κ2) is 6.52. The van der Waals surface area contributed by atoms with Gasteiger partial charge in [0, 0.05) is 18.2 Å². The van der Waals surface area contributed by atoms with Crippen molar-refractivity contribution in [2.75, 3.05) is 19.6 Å². The average Bonchev–Trinajstić information content (AvgIpc) is 3.33. The van der Waals surface area contributed by atoms with Crippen molar-refractivity contribution < 1.29 is 9.90 Å². The van der Waals surface area contributed by atoms with Gasteiger partial charge in [-0.1, -0.05) is 0 Å². The molecule has 1 unspecified atom stereocenters. The van der Waals surface area contributed by atoms with E-state index < -0.39 is 0 Å². The van der Waals surface area contributed by atoms with Crippen LogP contribution in [0.5, 0.6) is 5.75 Å². The molecule has 0 aromatic heterocycles. The topological polar surface area (TPSA) is 52.6 Å². The van der Waals surface area contributed by atoms with Gasteiger partial charge in [0.25, 0.3) is 5.91 Å². The van der Waals surface area contributed by atoms with E-state index >= 15 is 0 Å². The number of nitrogens with one attached hydrogen (secondary N) is 1. The van der Waals surface area contributed by atoms with Gasteiger partial charge in [-0.15, -0.1) is 0 Å². The first kappa shape index (κ1) is 15.1. The van der Waals surface area contributed by atoms with E-state index in [-0.39, 0.29) is 11.7 Å². The van der Waals surface area contributed by atoms with E-state index in [2.05, 4.69) is 27.9 Å². The number of hydrogen-bond donors (Lipinski definition) is 2. The maximum absolute atomic E-state index is 12.8. The van der Waals surface area contributed by atoms with E-state index in [9.17, 15) is 9.90 Å². The molecule has 0 bridgehead atoms. The monoisotopic (exact) mass is 400 g/mol. The number of carbonyl (C=O) groups excluding carboxylic acids is 1. The maximum atomic E-state index is 12.8. The van der Waals surface area contributed by atoms with Crippen molar-refractivity contribution in [1.29, 1.82) is 0 Å². The van der Waals surface area contributed by atoms with Crippen molar-refractivity contribution in [3.05, 3.63) is 27.3 Å². The number of phenolic OH excluding ortho intramolecular Hbond substituents is 1. The standard InChI is InChI=1S/C16H21IN2O2/c17-14-6-3-12(8-15(14)20)16(21)19(13-4-5-13)10-11-2-1-7-18-9-11/h3,6,8,11,13,18,20H,1-2,4-5,7,9-10H2. The van der Waals surface area contributed by atoms with Gasteiger partial charge in [-0.05, 0) is 85.5 Å². The van der Waals surface area contributed by atoms with E-state index in [4.69, 9.17) is 0 Å². The summed E-state index contributed by atoms with van der Waals surface area (Å²) in [6.07, 6.45) is 4.62. The molecule has 5 heteroatoms. The van der Waals surface area contributed by atoms with Gasteiger partial charge in [-0.25, -0.2) is 0 Å². The lowest BCUT2D eigenvalue weighted by atomic mass is 9.98. The van der Waals surface area contributed by atoms with Crippen LogP contribution in [-0.4, -0.2) is 41.6 Å². The molecule has 1 aliphatic heterocycles. The number of piperidine rings is 1. The number of nitrogens with zero attached hydrogens (tertiary/aromatic N) is 1. The summed E-state index contributed by atoms with van der Waals surface area (Å²) in [5, 5.41) is 13.2. The number of amides is 1. The third-order valence-corrected chi connectivity index (χ3v) is 5.21. The van der Waals surface area contributed by atoms with Gasteiger partial charge in [0.2, 0.25) is 0 Å². The quantitative estimate of drug-likeness (QED) is 0.765. The zero-order valence-corrected chi connectivity index (χ0v) is 14.2. The summed E-state index contributed by atoms with van der Waals surface area (Å²) in [4.78, 5) is 14.8. The molecule has 1 saturated carbocycles. The lowest BCUT2D eigenvalue weighted by Gasteiger charge is -2.30. The van der Waals surface area contributed by atoms with Crippen LogP contribution in [0.4, 0.5) is 0 Å². The van der Waals surface area contributed by atoms with Crippen LogP contribution in [-0.2, 0) is 0 Å². The summed E-state index contributed by atoms with van der Waals surface area (Å²) in [6.45, 7) is 2.94. The number of benzene rings is 1. The highest BCUT2D eigenvalue weighted by molar-refractivity contribution is 14.1. The molecule has 4 nitrogen and oxygen atoms in total. The molecule has 2 aliphatic rings. The number of carbonyl (C=O) groups is 1. The number of rotatable bonds is 4. The van der Waals surface area contributed by atoms with E-state index in [0.717, 1.165) is 36.0 Å². The summed E-state index contributed by atoms with van der Waals surface area (Å²) in [6, 6.07) is 5.62. The highest BCUT2D eigenvalue weighted by Crippen LogP contribution is 2.31. The lowest BCUT2D eigenvalue weighted by molar-refractivity contribution is 0.0703. The Kier molecular flexibility index (Phi) is 4.69. The highest BCUT2D eigenvalue weighted by Gasteiger charge is 2.34. The molecule has 2 fully saturated rings. The third kappa shape index (κ3) is 3.69. The van der Waals surface area contributed by atoms with Crippen LogP contribution < -0.4 is 5.32 Å². The molecule has 2 N–H and O–H groups in total. The fraction of sp³-hybridized carbons (Fsp3) is 0.562. The predicted molar refractivity (Wildman–Crippen MR) is 90.5 cm³/mol. The molecule has 1 atom stereocenters. The molecule has 1 aliphatic carbocycles. The summed E-state index contributed by atoms with van der Waals surface area (Å²) in [5.41, 5.74) is 0.601. The van der Waals surface area contributed by atoms with Crippen LogP contribution in [0.1, 0.15) is 36.0 Å². The number of hydrogen-bond acceptors (Lipinski definition) is 3. The van der Waals surface area contributed by atoms with Crippen molar-refractivity contribution in [2.24, 2.45) is 5.92 Å². The van der Waals surface area contributed by atoms with Crippen LogP contribution in [0.2, 0.25) is 0 Å². The molecule has 0 spiro atoms. The Morgan fingerprint density at radius 2 is 2.19 bits per heavy atom. The van der Waals surface area contributed by atoms with Gasteiger partial charge < -0.3 is 15.3 Å². The van der Waals surface area contributed by atoms with Gasteiger partial charge in [0.1, 0.15) is 5.75 Å². The van der Waals surface area contributed by atoms with Crippen molar-refractivity contribution in [3.63, 3.8) is 0 Å². The van der Waals surface area contributed by atoms with E-state index in [1.54, 1.807) is 12.1 Å². The van der Waals surface area contributed by atoms with Crippen LogP contribution in [0, 0.1) is 9.49 Å². The first-order chi connectivity index (χ1) is 10.1. The van der Waals surface area contributed by atoms with Crippen molar-refractivity contribution >= 4 is 28.5 Å². The zero-order chi connectivity index (χ0) is 14.8. The minimum Gasteiger partial charge on any atom is -0.507 e. The summed E-state index contributed by atoms with van der Waals surface area (Å²) in [7, 11) is 0. The molecule has 1 aromatic rings. The summed E-state index contributed by atoms with van der Waals surface area (Å²) in [5.74, 6) is 0.812. The van der Waals surface area contributed by atoms with Crippen molar-refractivity contribution in [1.82, 2.24) is 10.2 Å². The summed E-state index contributed by atoms with van der Waals surface area (Å²) >= 11 is 2.07. The average molecular weight is 400 g/mol. The summed E-state index contributed by atoms with van der Waals surface area (Å²) < 4.78 is 0.776. The first-order valence-corrected chi connectivity index (χ1v) is 8.73. The van der Waals surface area contributed by atoms with E-state index in [1.807, 2.05) is 11.0 Å². The Morgan fingerprint density at radius 1 is 1.38 bits per heavy atom. The Hall–Kier alpha value is -0.820. The Bertz CT molecular complexity index is 525. The predicted octanol–water partition coefficient (Wildman–Crippen LogP) is 2.60. The molecule has 1 aromatic carbocycles. The van der Waals surface area contributed by atoms with Gasteiger partial charge in [-0.3, -0.25) is 4.79 Å². The smallest absolute Gasteiger partial charge is 0.254 e. The molecule has 3 rings (SSSR count). The maximum Gasteiger partial charge on any atom is 0.254 e. The molecular formula is C16H21IN2O2. The SMILES string of the molecule is O=C(c1ccc(I)c(O)c1)N(CC1CCCNC1)C1CC1. The molecule has 1 heterocycles. The van der Waals surface area contributed by atoms with Gasteiger partial charge in [-0.2, -0.15) is 0 Å². The molecule has 1 saturated heterocycles. The number of halogens is 1. The molecule has 21 heavy (non-hydrogen) atoms. The lowest BCUT2D eigenvalue weighted by Crippen LogP contribution is -2.42. The van der Waals surface area contributed by atoms with Crippen molar-refractivity contribution in [2.45, 2.75) is 31.7 Å². The minimum absolute atomic E-state index is 0.0646.